The smallest absolute Gasteiger partial charge is 0.0622 e. The van der Waals surface area contributed by atoms with Gasteiger partial charge in [-0.2, -0.15) is 0 Å². The van der Waals surface area contributed by atoms with Gasteiger partial charge in [0.05, 0.1) is 12.2 Å². The van der Waals surface area contributed by atoms with E-state index < -0.39 is 0 Å². The predicted octanol–water partition coefficient (Wildman–Crippen LogP) is 2.76. The molecule has 2 rings (SSSR count). The molecule has 1 aromatic rings. The maximum atomic E-state index is 2.15. The molecule has 0 saturated heterocycles. The molecule has 0 fully saturated rings. The van der Waals surface area contributed by atoms with Gasteiger partial charge in [-0.3, -0.25) is 0 Å². The average molecular weight is 185 g/mol. The molecule has 1 aliphatic rings. The van der Waals surface area contributed by atoms with E-state index in [1.807, 2.05) is 12.5 Å². The van der Waals surface area contributed by atoms with E-state index in [1.54, 1.807) is 0 Å². The number of hydrogen-bond donors (Lipinski definition) is 0. The molecule has 0 heterocycles. The van der Waals surface area contributed by atoms with E-state index in [1.165, 1.54) is 18.8 Å². The van der Waals surface area contributed by atoms with E-state index in [4.69, 9.17) is 0 Å². The van der Waals surface area contributed by atoms with Crippen LogP contribution in [0.2, 0.25) is 0 Å². The molecule has 0 aromatic heterocycles. The van der Waals surface area contributed by atoms with Crippen molar-refractivity contribution >= 4 is 18.8 Å². The van der Waals surface area contributed by atoms with Crippen molar-refractivity contribution in [1.82, 2.24) is 0 Å². The normalized spacial score (nSPS) is 14.6. The quantitative estimate of drug-likeness (QED) is 0.466. The molecule has 0 saturated carbocycles. The van der Waals surface area contributed by atoms with Crippen LogP contribution in [0.1, 0.15) is 0 Å². The Labute approximate surface area is 80.4 Å². The minimum atomic E-state index is 1.28. The molecule has 0 atom stereocenters. The fourth-order valence-electron chi connectivity index (χ4n) is 1.15. The van der Waals surface area contributed by atoms with Crippen LogP contribution < -0.4 is 5.30 Å². The van der Waals surface area contributed by atoms with Crippen LogP contribution in [-0.2, 0) is 0 Å². The molecular formula is C12H10P+. The highest BCUT2D eigenvalue weighted by Crippen LogP contribution is 2.07. The minimum absolute atomic E-state index is 1.28. The van der Waals surface area contributed by atoms with Gasteiger partial charge < -0.3 is 0 Å². The van der Waals surface area contributed by atoms with Crippen LogP contribution in [0.4, 0.5) is 0 Å². The van der Waals surface area contributed by atoms with Gasteiger partial charge in [0.1, 0.15) is 5.29 Å². The van der Waals surface area contributed by atoms with Crippen molar-refractivity contribution in [2.45, 2.75) is 0 Å². The Morgan fingerprint density at radius 2 is 1.62 bits per heavy atom. The van der Waals surface area contributed by atoms with Crippen LogP contribution in [0, 0.1) is 6.42 Å². The summed E-state index contributed by atoms with van der Waals surface area (Å²) in [5, 5.41) is 2.68. The van der Waals surface area contributed by atoms with Gasteiger partial charge >= 0.3 is 0 Å². The first-order chi connectivity index (χ1) is 6.45. The molecule has 0 amide bonds. The van der Waals surface area contributed by atoms with Gasteiger partial charge in [0.2, 0.25) is 0 Å². The predicted molar refractivity (Wildman–Crippen MR) is 60.6 cm³/mol. The number of rotatable bonds is 1. The van der Waals surface area contributed by atoms with Crippen molar-refractivity contribution in [3.63, 3.8) is 0 Å². The summed E-state index contributed by atoms with van der Waals surface area (Å²) >= 11 is 0. The second kappa shape index (κ2) is 4.11. The lowest BCUT2D eigenvalue weighted by Gasteiger charge is -1.92. The fraction of sp³-hybridized carbons (Fsp3) is 0. The summed E-state index contributed by atoms with van der Waals surface area (Å²) < 4.78 is 0. The minimum Gasteiger partial charge on any atom is -0.0622 e. The van der Waals surface area contributed by atoms with Gasteiger partial charge in [-0.15, -0.1) is 0 Å². The van der Waals surface area contributed by atoms with Crippen molar-refractivity contribution in [1.29, 1.82) is 0 Å². The first-order valence-corrected chi connectivity index (χ1v) is 5.16. The van der Waals surface area contributed by atoms with Gasteiger partial charge in [-0.05, 0) is 8.20 Å². The third kappa shape index (κ3) is 2.34. The van der Waals surface area contributed by atoms with Crippen molar-refractivity contribution in [2.24, 2.45) is 0 Å². The first kappa shape index (κ1) is 8.34. The lowest BCUT2D eigenvalue weighted by atomic mass is 10.2. The van der Waals surface area contributed by atoms with Crippen LogP contribution in [0.15, 0.2) is 54.6 Å². The van der Waals surface area contributed by atoms with Crippen LogP contribution in [0.25, 0.3) is 0 Å². The molecule has 13 heavy (non-hydrogen) atoms. The first-order valence-electron chi connectivity index (χ1n) is 4.27. The molecular weight excluding hydrogens is 175 g/mol. The summed E-state index contributed by atoms with van der Waals surface area (Å²) in [4.78, 5) is 0. The lowest BCUT2D eigenvalue weighted by Crippen LogP contribution is -1.94. The van der Waals surface area contributed by atoms with Crippen LogP contribution >= 0.6 is 8.20 Å². The van der Waals surface area contributed by atoms with Gasteiger partial charge in [0.25, 0.3) is 0 Å². The van der Waals surface area contributed by atoms with Gasteiger partial charge in [-0.25, -0.2) is 0 Å². The van der Waals surface area contributed by atoms with Crippen molar-refractivity contribution in [3.8, 4) is 0 Å². The molecule has 1 aromatic carbocycles. The highest BCUT2D eigenvalue weighted by molar-refractivity contribution is 7.50. The Morgan fingerprint density at radius 3 is 2.31 bits per heavy atom. The molecule has 1 heteroatoms. The zero-order valence-electron chi connectivity index (χ0n) is 7.22. The Morgan fingerprint density at radius 1 is 0.923 bits per heavy atom. The van der Waals surface area contributed by atoms with E-state index in [2.05, 4.69) is 48.6 Å². The van der Waals surface area contributed by atoms with Gasteiger partial charge in [0, 0.05) is 23.9 Å². The Balaban J connectivity index is 2.25. The summed E-state index contributed by atoms with van der Waals surface area (Å²) in [6.45, 7) is 0. The summed E-state index contributed by atoms with van der Waals surface area (Å²) in [5.74, 6) is 0. The number of benzene rings is 1. The van der Waals surface area contributed by atoms with E-state index in [0.29, 0.717) is 0 Å². The molecule has 0 bridgehead atoms. The third-order valence-corrected chi connectivity index (χ3v) is 2.88. The zero-order valence-corrected chi connectivity index (χ0v) is 8.12. The van der Waals surface area contributed by atoms with E-state index in [9.17, 15) is 0 Å². The van der Waals surface area contributed by atoms with Crippen LogP contribution in [-0.4, -0.2) is 5.29 Å². The molecule has 0 radical (unpaired) electrons. The Kier molecular flexibility index (Phi) is 2.64. The van der Waals surface area contributed by atoms with Crippen LogP contribution in [0.3, 0.4) is 0 Å². The van der Waals surface area contributed by atoms with Crippen molar-refractivity contribution in [3.05, 3.63) is 61.1 Å². The summed E-state index contributed by atoms with van der Waals surface area (Å²) in [6, 6.07) is 10.5. The van der Waals surface area contributed by atoms with Crippen molar-refractivity contribution in [2.75, 3.05) is 0 Å². The Bertz CT molecular complexity index is 344. The number of hydrogen-bond acceptors (Lipinski definition) is 0. The lowest BCUT2D eigenvalue weighted by molar-refractivity contribution is 1.74. The molecule has 0 aliphatic heterocycles. The largest absolute Gasteiger partial charge is 0.111 e. The van der Waals surface area contributed by atoms with E-state index in [-0.39, 0.29) is 0 Å². The monoisotopic (exact) mass is 185 g/mol. The van der Waals surface area contributed by atoms with E-state index in [0.717, 1.165) is 0 Å². The second-order valence-electron chi connectivity index (χ2n) is 2.78. The van der Waals surface area contributed by atoms with E-state index >= 15 is 0 Å². The third-order valence-electron chi connectivity index (χ3n) is 1.77. The molecule has 0 unspecified atom stereocenters. The molecule has 0 nitrogen and oxygen atoms in total. The summed E-state index contributed by atoms with van der Waals surface area (Å²) in [7, 11) is 1.28. The average Bonchev–Trinajstić information content (AvgIpc) is 2.21. The van der Waals surface area contributed by atoms with Gasteiger partial charge in [-0.1, -0.05) is 30.3 Å². The molecule has 0 spiro atoms. The highest BCUT2D eigenvalue weighted by Gasteiger charge is 2.00. The maximum absolute atomic E-state index is 2.15. The van der Waals surface area contributed by atoms with Crippen LogP contribution in [0.5, 0.6) is 0 Å². The maximum Gasteiger partial charge on any atom is 0.111 e. The van der Waals surface area contributed by atoms with Gasteiger partial charge in [0.15, 0.2) is 0 Å². The van der Waals surface area contributed by atoms with Crippen molar-refractivity contribution < 1.29 is 0 Å². The molecule has 1 aliphatic carbocycles. The summed E-state index contributed by atoms with van der Waals surface area (Å²) in [5.41, 5.74) is 0. The highest BCUT2D eigenvalue weighted by atomic mass is 31.1. The SMILES string of the molecule is C1=CC(=Pc2ccccc2)C=C[CH+]1. The summed E-state index contributed by atoms with van der Waals surface area (Å²) in [6.07, 6.45) is 10.5. The second-order valence-corrected chi connectivity index (χ2v) is 4.04. The molecule has 62 valence electrons. The zero-order chi connectivity index (χ0) is 8.93. The topological polar surface area (TPSA) is 0 Å². The Hall–Kier alpha value is -1.26. The fourth-order valence-corrected chi connectivity index (χ4v) is 2.09. The number of allylic oxidation sites excluding steroid dienone is 4. The standard InChI is InChI=1S/C12H10P/c1-3-7-11(8-4-1)13-12-9-5-2-6-10-12/h1-10H/q+1. The molecule has 0 N–H and O–H groups in total.